The third-order valence-electron chi connectivity index (χ3n) is 11.4. The molecule has 12 heteroatoms. The molecule has 3 saturated heterocycles. The zero-order chi connectivity index (χ0) is 31.4. The predicted molar refractivity (Wildman–Crippen MR) is 145 cm³/mol. The van der Waals surface area contributed by atoms with Gasteiger partial charge in [-0.2, -0.15) is 0 Å². The maximum Gasteiger partial charge on any atom is 0.335 e. The van der Waals surface area contributed by atoms with Gasteiger partial charge >= 0.3 is 17.9 Å². The van der Waals surface area contributed by atoms with E-state index in [4.69, 9.17) is 23.4 Å². The number of esters is 2. The predicted octanol–water partition coefficient (Wildman–Crippen LogP) is 1.56. The van der Waals surface area contributed by atoms with Crippen molar-refractivity contribution in [1.82, 2.24) is 0 Å². The fourth-order valence-corrected chi connectivity index (χ4v) is 9.32. The molecule has 4 N–H and O–H groups in total. The number of furan rings is 1. The summed E-state index contributed by atoms with van der Waals surface area (Å²) >= 11 is 0. The first-order chi connectivity index (χ1) is 20.1. The molecule has 5 fully saturated rings. The van der Waals surface area contributed by atoms with Gasteiger partial charge in [0, 0.05) is 23.2 Å². The van der Waals surface area contributed by atoms with Crippen molar-refractivity contribution in [3.63, 3.8) is 0 Å². The summed E-state index contributed by atoms with van der Waals surface area (Å²) in [6, 6.07) is 1.72. The number of carboxylic acids is 1. The summed E-state index contributed by atoms with van der Waals surface area (Å²) in [5, 5.41) is 42.7. The van der Waals surface area contributed by atoms with Crippen molar-refractivity contribution in [3.8, 4) is 0 Å². The molecule has 5 aliphatic rings. The van der Waals surface area contributed by atoms with Gasteiger partial charge in [0.25, 0.3) is 0 Å². The van der Waals surface area contributed by atoms with Crippen LogP contribution in [-0.4, -0.2) is 92.8 Å². The number of carboxylic acid groups (broad SMARTS) is 1. The number of aliphatic hydroxyl groups excluding tert-OH is 3. The summed E-state index contributed by atoms with van der Waals surface area (Å²) < 4.78 is 30.2. The van der Waals surface area contributed by atoms with E-state index in [-0.39, 0.29) is 6.42 Å². The van der Waals surface area contributed by atoms with E-state index in [1.807, 2.05) is 6.92 Å². The maximum absolute atomic E-state index is 13.5. The van der Waals surface area contributed by atoms with Gasteiger partial charge in [-0.3, -0.25) is 9.59 Å². The largest absolute Gasteiger partial charge is 0.481 e. The van der Waals surface area contributed by atoms with Crippen LogP contribution in [0, 0.1) is 28.6 Å². The Labute approximate surface area is 248 Å². The minimum atomic E-state index is -1.46. The summed E-state index contributed by atoms with van der Waals surface area (Å²) in [4.78, 5) is 38.4. The number of fused-ring (bicyclic) bond motifs is 1. The molecule has 13 atom stereocenters. The molecule has 1 aromatic rings. The minimum Gasteiger partial charge on any atom is -0.481 e. The van der Waals surface area contributed by atoms with Crippen molar-refractivity contribution in [2.24, 2.45) is 28.6 Å². The first-order valence-electron chi connectivity index (χ1n) is 14.7. The second kappa shape index (κ2) is 9.61. The number of cyclic esters (lactones) is 1. The molecule has 4 heterocycles. The molecule has 1 spiro atoms. The number of aliphatic carboxylic acids is 1. The Kier molecular flexibility index (Phi) is 6.77. The monoisotopic (exact) mass is 604 g/mol. The lowest BCUT2D eigenvalue weighted by Gasteiger charge is -2.55. The van der Waals surface area contributed by atoms with E-state index in [9.17, 15) is 34.8 Å². The zero-order valence-electron chi connectivity index (χ0n) is 24.9. The molecule has 0 aromatic carbocycles. The van der Waals surface area contributed by atoms with Gasteiger partial charge in [0.1, 0.15) is 29.5 Å². The van der Waals surface area contributed by atoms with Crippen LogP contribution in [0.4, 0.5) is 0 Å². The molecule has 2 aliphatic carbocycles. The molecule has 0 unspecified atom stereocenters. The van der Waals surface area contributed by atoms with Gasteiger partial charge in [0.2, 0.25) is 0 Å². The van der Waals surface area contributed by atoms with E-state index in [0.717, 1.165) is 0 Å². The highest BCUT2D eigenvalue weighted by atomic mass is 16.6. The fraction of sp³-hybridized carbons (Fsp3) is 0.710. The molecule has 0 bridgehead atoms. The Morgan fingerprint density at radius 3 is 2.49 bits per heavy atom. The van der Waals surface area contributed by atoms with Crippen LogP contribution in [0.5, 0.6) is 0 Å². The lowest BCUT2D eigenvalue weighted by atomic mass is 9.49. The SMILES string of the molecule is C=C1[C@@H]2[C@@H](O[C@@H](CC(=O)O)[C@@]2(C)[C@H]2CC(=O)O[C@]2(C)CO)[C@H](OC(=O)[C@@H](O)C(C)C)[C@@]2(C)[C@H](c3ccoc3)[C@@H](O)[C@H]3O[C@]132. The van der Waals surface area contributed by atoms with Crippen molar-refractivity contribution in [2.75, 3.05) is 6.61 Å². The number of hydrogen-bond acceptors (Lipinski definition) is 11. The van der Waals surface area contributed by atoms with Crippen LogP contribution in [0.1, 0.15) is 58.9 Å². The lowest BCUT2D eigenvalue weighted by Crippen LogP contribution is -2.64. The molecule has 6 rings (SSSR count). The second-order valence-electron chi connectivity index (χ2n) is 13.9. The van der Waals surface area contributed by atoms with Gasteiger partial charge in [-0.05, 0) is 30.0 Å². The quantitative estimate of drug-likeness (QED) is 0.191. The van der Waals surface area contributed by atoms with Crippen LogP contribution in [-0.2, 0) is 33.3 Å². The summed E-state index contributed by atoms with van der Waals surface area (Å²) in [5.41, 5.74) is -3.75. The zero-order valence-corrected chi connectivity index (χ0v) is 24.9. The first-order valence-corrected chi connectivity index (χ1v) is 14.7. The Morgan fingerprint density at radius 1 is 1.21 bits per heavy atom. The summed E-state index contributed by atoms with van der Waals surface area (Å²) in [7, 11) is 0. The van der Waals surface area contributed by atoms with Crippen molar-refractivity contribution in [1.29, 1.82) is 0 Å². The molecule has 2 saturated carbocycles. The van der Waals surface area contributed by atoms with Crippen molar-refractivity contribution < 1.29 is 58.2 Å². The number of aliphatic hydroxyl groups is 3. The van der Waals surface area contributed by atoms with E-state index in [2.05, 4.69) is 6.58 Å². The van der Waals surface area contributed by atoms with Crippen LogP contribution in [0.15, 0.2) is 35.2 Å². The Balaban J connectivity index is 1.54. The molecule has 3 aliphatic heterocycles. The van der Waals surface area contributed by atoms with Gasteiger partial charge in [0.15, 0.2) is 6.10 Å². The average Bonchev–Trinajstić information content (AvgIpc) is 3.13. The molecule has 0 amide bonds. The molecule has 12 nitrogen and oxygen atoms in total. The van der Waals surface area contributed by atoms with E-state index in [1.54, 1.807) is 33.8 Å². The van der Waals surface area contributed by atoms with Gasteiger partial charge in [-0.25, -0.2) is 4.79 Å². The highest BCUT2D eigenvalue weighted by molar-refractivity contribution is 5.75. The smallest absolute Gasteiger partial charge is 0.335 e. The number of ether oxygens (including phenoxy) is 4. The Morgan fingerprint density at radius 2 is 1.91 bits per heavy atom. The van der Waals surface area contributed by atoms with Gasteiger partial charge in [0.05, 0.1) is 49.6 Å². The topological polar surface area (TPSA) is 185 Å². The van der Waals surface area contributed by atoms with Crippen LogP contribution in [0.25, 0.3) is 0 Å². The maximum atomic E-state index is 13.5. The molecule has 0 radical (unpaired) electrons. The average molecular weight is 605 g/mol. The third-order valence-corrected chi connectivity index (χ3v) is 11.4. The summed E-state index contributed by atoms with van der Waals surface area (Å²) in [5.74, 6) is -5.15. The van der Waals surface area contributed by atoms with Crippen molar-refractivity contribution in [2.45, 2.75) is 101 Å². The number of hydrogen-bond donors (Lipinski definition) is 4. The number of rotatable bonds is 8. The van der Waals surface area contributed by atoms with Gasteiger partial charge in [-0.15, -0.1) is 0 Å². The van der Waals surface area contributed by atoms with E-state index < -0.39 is 113 Å². The first kappa shape index (κ1) is 30.3. The molecule has 1 aromatic heterocycles. The highest BCUT2D eigenvalue weighted by Gasteiger charge is 2.88. The standard InChI is InChI=1S/C31H40O12/c1-13(2)22(36)27(38)41-26-24-20(14(3)31-25(43-31)23(37)21(30(26,31)6)15-7-8-39-11-15)29(5,17(40-24)10-18(33)34)16-9-19(35)42-28(16,4)12-32/h7-8,11,13,16-17,20-26,32,36-37H,3,9-10,12H2,1-2,4-6H3,(H,33,34)/t16-,17-,20+,21+,22-,23+,24+,25+,26-,28+,29+,30+,31+/m0/s1. The number of carbonyl (C=O) groups excluding carboxylic acids is 2. The third kappa shape index (κ3) is 3.76. The fourth-order valence-electron chi connectivity index (χ4n) is 9.32. The van der Waals surface area contributed by atoms with E-state index in [0.29, 0.717) is 11.1 Å². The Hall–Kier alpha value is -2.77. The molecular formula is C31H40O12. The van der Waals surface area contributed by atoms with Crippen LogP contribution >= 0.6 is 0 Å². The number of carbonyl (C=O) groups is 3. The van der Waals surface area contributed by atoms with Gasteiger partial charge in [-0.1, -0.05) is 34.3 Å². The van der Waals surface area contributed by atoms with Crippen molar-refractivity contribution in [3.05, 3.63) is 36.3 Å². The van der Waals surface area contributed by atoms with Gasteiger partial charge < -0.3 is 43.8 Å². The van der Waals surface area contributed by atoms with Crippen LogP contribution in [0.2, 0.25) is 0 Å². The highest BCUT2D eigenvalue weighted by Crippen LogP contribution is 2.78. The summed E-state index contributed by atoms with van der Waals surface area (Å²) in [6.07, 6.45) is -3.95. The second-order valence-corrected chi connectivity index (χ2v) is 13.9. The molecular weight excluding hydrogens is 564 g/mol. The van der Waals surface area contributed by atoms with E-state index >= 15 is 0 Å². The van der Waals surface area contributed by atoms with E-state index in [1.165, 1.54) is 12.5 Å². The van der Waals surface area contributed by atoms with Crippen LogP contribution in [0.3, 0.4) is 0 Å². The summed E-state index contributed by atoms with van der Waals surface area (Å²) in [6.45, 7) is 12.6. The molecule has 236 valence electrons. The van der Waals surface area contributed by atoms with Crippen LogP contribution < -0.4 is 0 Å². The minimum absolute atomic E-state index is 0.102. The Bertz CT molecular complexity index is 1340. The number of epoxide rings is 1. The molecule has 43 heavy (non-hydrogen) atoms. The van der Waals surface area contributed by atoms with Crippen molar-refractivity contribution >= 4 is 17.9 Å². The normalized spacial score (nSPS) is 47.1. The lowest BCUT2D eigenvalue weighted by molar-refractivity contribution is -0.199.